The molecule has 1 unspecified atom stereocenters. The number of carbonyl (C=O) groups excluding carboxylic acids is 2. The van der Waals surface area contributed by atoms with E-state index in [0.29, 0.717) is 22.4 Å². The van der Waals surface area contributed by atoms with Gasteiger partial charge in [0.15, 0.2) is 0 Å². The lowest BCUT2D eigenvalue weighted by atomic mass is 10.1. The van der Waals surface area contributed by atoms with Crippen molar-refractivity contribution in [2.24, 2.45) is 0 Å². The maximum atomic E-state index is 13.3. The fourth-order valence-corrected chi connectivity index (χ4v) is 3.20. The second-order valence-corrected chi connectivity index (χ2v) is 6.56. The molecule has 29 heavy (non-hydrogen) atoms. The van der Waals surface area contributed by atoms with Crippen LogP contribution in [0.5, 0.6) is 5.75 Å². The van der Waals surface area contributed by atoms with Crippen LogP contribution in [0.4, 0.5) is 5.69 Å². The third-order valence-corrected chi connectivity index (χ3v) is 4.69. The van der Waals surface area contributed by atoms with Crippen LogP contribution >= 0.6 is 0 Å². The number of nitro benzene ring substituents is 1. The number of rotatable bonds is 4. The third-order valence-electron chi connectivity index (χ3n) is 4.69. The molecule has 7 nitrogen and oxygen atoms in total. The van der Waals surface area contributed by atoms with E-state index in [4.69, 9.17) is 4.74 Å². The minimum atomic E-state index is -0.971. The first-order chi connectivity index (χ1) is 14.0. The Kier molecular flexibility index (Phi) is 4.78. The van der Waals surface area contributed by atoms with Crippen molar-refractivity contribution in [2.75, 3.05) is 0 Å². The molecule has 4 rings (SSSR count). The predicted molar refractivity (Wildman–Crippen MR) is 104 cm³/mol. The molecule has 1 aliphatic rings. The minimum Gasteiger partial charge on any atom is -0.475 e. The highest BCUT2D eigenvalue weighted by molar-refractivity contribution is 6.08. The van der Waals surface area contributed by atoms with Crippen molar-refractivity contribution in [3.63, 3.8) is 0 Å². The van der Waals surface area contributed by atoms with Crippen LogP contribution in [0.15, 0.2) is 78.9 Å². The lowest BCUT2D eigenvalue weighted by Gasteiger charge is -2.22. The van der Waals surface area contributed by atoms with E-state index in [1.165, 1.54) is 24.3 Å². The van der Waals surface area contributed by atoms with E-state index >= 15 is 0 Å². The van der Waals surface area contributed by atoms with Crippen molar-refractivity contribution in [1.82, 2.24) is 4.90 Å². The highest BCUT2D eigenvalue weighted by Crippen LogP contribution is 2.32. The summed E-state index contributed by atoms with van der Waals surface area (Å²) in [4.78, 5) is 37.9. The van der Waals surface area contributed by atoms with Gasteiger partial charge >= 0.3 is 0 Å². The zero-order chi connectivity index (χ0) is 20.4. The quantitative estimate of drug-likeness (QED) is 0.384. The Labute approximate surface area is 166 Å². The minimum absolute atomic E-state index is 0.0172. The van der Waals surface area contributed by atoms with Crippen molar-refractivity contribution in [1.29, 1.82) is 0 Å². The van der Waals surface area contributed by atoms with Gasteiger partial charge in [-0.1, -0.05) is 54.6 Å². The van der Waals surface area contributed by atoms with Gasteiger partial charge in [-0.25, -0.2) is 0 Å². The number of hydrogen-bond acceptors (Lipinski definition) is 5. The van der Waals surface area contributed by atoms with Crippen molar-refractivity contribution in [3.8, 4) is 5.75 Å². The number of amides is 2. The number of ether oxygens (including phenoxy) is 1. The zero-order valence-corrected chi connectivity index (χ0v) is 15.2. The summed E-state index contributed by atoms with van der Waals surface area (Å²) in [6.45, 7) is -0.0172. The highest BCUT2D eigenvalue weighted by Gasteiger charge is 2.37. The molecular formula is C22H16N2O5. The molecule has 1 atom stereocenters. The monoisotopic (exact) mass is 388 g/mol. The van der Waals surface area contributed by atoms with Gasteiger partial charge in [0.05, 0.1) is 17.0 Å². The van der Waals surface area contributed by atoms with Crippen LogP contribution in [-0.2, 0) is 11.3 Å². The van der Waals surface area contributed by atoms with Crippen LogP contribution in [0.3, 0.4) is 0 Å². The second kappa shape index (κ2) is 7.55. The summed E-state index contributed by atoms with van der Waals surface area (Å²) < 4.78 is 5.94. The number of carbonyl (C=O) groups is 2. The van der Waals surface area contributed by atoms with Gasteiger partial charge < -0.3 is 4.74 Å². The van der Waals surface area contributed by atoms with Crippen LogP contribution in [0, 0.1) is 10.1 Å². The molecular weight excluding hydrogens is 372 g/mol. The molecule has 7 heteroatoms. The third kappa shape index (κ3) is 3.58. The van der Waals surface area contributed by atoms with E-state index in [9.17, 15) is 19.7 Å². The number of para-hydroxylation sites is 1. The number of nitrogens with zero attached hydrogens (tertiary/aromatic N) is 2. The molecule has 3 aromatic rings. The number of fused-ring (bicyclic) bond motifs is 1. The highest BCUT2D eigenvalue weighted by atomic mass is 16.6. The van der Waals surface area contributed by atoms with Crippen molar-refractivity contribution >= 4 is 17.5 Å². The van der Waals surface area contributed by atoms with Crippen molar-refractivity contribution < 1.29 is 19.2 Å². The average molecular weight is 388 g/mol. The first-order valence-electron chi connectivity index (χ1n) is 8.94. The molecule has 0 bridgehead atoms. The smallest absolute Gasteiger partial charge is 0.275 e. The number of imide groups is 1. The lowest BCUT2D eigenvalue weighted by Crippen LogP contribution is -2.38. The van der Waals surface area contributed by atoms with Gasteiger partial charge in [0.25, 0.3) is 17.5 Å². The normalized spacial score (nSPS) is 16.0. The number of hydrogen-bond donors (Lipinski definition) is 0. The maximum absolute atomic E-state index is 13.3. The standard InChI is InChI=1S/C22H16N2O5/c25-21-18-8-4-5-9-19(18)29-20(16-6-2-1-3-7-16)22(26)23(21)14-15-10-12-17(13-11-15)24(27)28/h1-13,20H,14H2. The topological polar surface area (TPSA) is 89.8 Å². The van der Waals surface area contributed by atoms with Crippen LogP contribution in [0.25, 0.3) is 0 Å². The van der Waals surface area contributed by atoms with Gasteiger partial charge in [-0.2, -0.15) is 0 Å². The molecule has 0 radical (unpaired) electrons. The molecule has 0 saturated heterocycles. The largest absolute Gasteiger partial charge is 0.475 e. The van der Waals surface area contributed by atoms with Crippen molar-refractivity contribution in [3.05, 3.63) is 106 Å². The number of benzene rings is 3. The number of non-ortho nitro benzene ring substituents is 1. The fourth-order valence-electron chi connectivity index (χ4n) is 3.20. The van der Waals surface area contributed by atoms with E-state index in [0.717, 1.165) is 4.90 Å². The molecule has 0 N–H and O–H groups in total. The summed E-state index contributed by atoms with van der Waals surface area (Å²) in [6.07, 6.45) is -0.971. The Morgan fingerprint density at radius 3 is 2.24 bits per heavy atom. The van der Waals surface area contributed by atoms with Gasteiger partial charge in [0, 0.05) is 17.7 Å². The van der Waals surface area contributed by atoms with Gasteiger partial charge in [-0.15, -0.1) is 0 Å². The van der Waals surface area contributed by atoms with E-state index in [2.05, 4.69) is 0 Å². The molecule has 0 aromatic heterocycles. The van der Waals surface area contributed by atoms with Crippen LogP contribution < -0.4 is 4.74 Å². The molecule has 3 aromatic carbocycles. The Bertz CT molecular complexity index is 1080. The fraction of sp³-hybridized carbons (Fsp3) is 0.0909. The Morgan fingerprint density at radius 1 is 0.897 bits per heavy atom. The van der Waals surface area contributed by atoms with Gasteiger partial charge in [-0.05, 0) is 17.7 Å². The van der Waals surface area contributed by atoms with E-state index < -0.39 is 22.8 Å². The van der Waals surface area contributed by atoms with E-state index in [-0.39, 0.29) is 12.2 Å². The van der Waals surface area contributed by atoms with Crippen LogP contribution in [0.1, 0.15) is 27.6 Å². The Hall–Kier alpha value is -4.00. The Morgan fingerprint density at radius 2 is 1.55 bits per heavy atom. The first-order valence-corrected chi connectivity index (χ1v) is 8.94. The molecule has 0 spiro atoms. The summed E-state index contributed by atoms with van der Waals surface area (Å²) in [5.74, 6) is -0.621. The van der Waals surface area contributed by atoms with E-state index in [1.54, 1.807) is 48.5 Å². The number of nitro groups is 1. The molecule has 144 valence electrons. The average Bonchev–Trinajstić information content (AvgIpc) is 2.85. The van der Waals surface area contributed by atoms with Crippen LogP contribution in [-0.4, -0.2) is 21.6 Å². The summed E-state index contributed by atoms with van der Waals surface area (Å²) in [6, 6.07) is 21.4. The van der Waals surface area contributed by atoms with Gasteiger partial charge in [-0.3, -0.25) is 24.6 Å². The molecule has 2 amide bonds. The van der Waals surface area contributed by atoms with Crippen molar-refractivity contribution in [2.45, 2.75) is 12.6 Å². The molecule has 1 heterocycles. The molecule has 0 aliphatic carbocycles. The summed E-state index contributed by atoms with van der Waals surface area (Å²) in [5.41, 5.74) is 1.47. The van der Waals surface area contributed by atoms with Crippen LogP contribution in [0.2, 0.25) is 0 Å². The summed E-state index contributed by atoms with van der Waals surface area (Å²) in [7, 11) is 0. The lowest BCUT2D eigenvalue weighted by molar-refractivity contribution is -0.384. The SMILES string of the molecule is O=C1c2ccccc2OC(c2ccccc2)C(=O)N1Cc1ccc([N+](=O)[O-])cc1. The van der Waals surface area contributed by atoms with E-state index in [1.807, 2.05) is 6.07 Å². The molecule has 0 saturated carbocycles. The maximum Gasteiger partial charge on any atom is 0.275 e. The van der Waals surface area contributed by atoms with Gasteiger partial charge in [0.1, 0.15) is 5.75 Å². The first kappa shape index (κ1) is 18.4. The molecule has 1 aliphatic heterocycles. The molecule has 0 fully saturated rings. The summed E-state index contributed by atoms with van der Waals surface area (Å²) in [5, 5.41) is 10.9. The second-order valence-electron chi connectivity index (χ2n) is 6.56. The van der Waals surface area contributed by atoms with Gasteiger partial charge in [0.2, 0.25) is 6.10 Å². The zero-order valence-electron chi connectivity index (χ0n) is 15.2. The Balaban J connectivity index is 1.73. The predicted octanol–water partition coefficient (Wildman–Crippen LogP) is 3.90. The summed E-state index contributed by atoms with van der Waals surface area (Å²) >= 11 is 0.